The maximum absolute atomic E-state index is 13.5. The van der Waals surface area contributed by atoms with Gasteiger partial charge in [-0.05, 0) is 38.0 Å². The maximum atomic E-state index is 13.5. The summed E-state index contributed by atoms with van der Waals surface area (Å²) < 4.78 is 14.2. The number of rotatable bonds is 5. The number of aliphatic hydroxyl groups excluding tert-OH is 1. The summed E-state index contributed by atoms with van der Waals surface area (Å²) in [6, 6.07) is 6.06. The third-order valence-corrected chi connectivity index (χ3v) is 6.06. The number of amides is 1. The van der Waals surface area contributed by atoms with Crippen LogP contribution in [0.3, 0.4) is 0 Å². The number of benzene rings is 1. The molecule has 0 saturated carbocycles. The number of carbonyl (C=O) groups excluding carboxylic acids is 1. The molecule has 3 heterocycles. The third-order valence-electron chi connectivity index (χ3n) is 5.09. The monoisotopic (exact) mass is 415 g/mol. The molecule has 29 heavy (non-hydrogen) atoms. The average molecular weight is 415 g/mol. The van der Waals surface area contributed by atoms with Gasteiger partial charge in [-0.25, -0.2) is 14.4 Å². The Morgan fingerprint density at radius 1 is 1.41 bits per heavy atom. The first kappa shape index (κ1) is 19.7. The Bertz CT molecular complexity index is 1060. The van der Waals surface area contributed by atoms with E-state index < -0.39 is 0 Å². The maximum Gasteiger partial charge on any atom is 0.274 e. The van der Waals surface area contributed by atoms with Crippen LogP contribution < -0.4 is 5.32 Å². The highest BCUT2D eigenvalue weighted by atomic mass is 32.1. The summed E-state index contributed by atoms with van der Waals surface area (Å²) >= 11 is 1.39. The lowest BCUT2D eigenvalue weighted by atomic mass is 10.1. The molecular formula is C20H22FN5O2S. The van der Waals surface area contributed by atoms with E-state index in [1.165, 1.54) is 23.5 Å². The molecule has 1 amide bonds. The van der Waals surface area contributed by atoms with Crippen LogP contribution in [0, 0.1) is 18.7 Å². The summed E-state index contributed by atoms with van der Waals surface area (Å²) in [5, 5.41) is 13.3. The number of likely N-dealkylation sites (tertiary alicyclic amines) is 1. The fourth-order valence-corrected chi connectivity index (χ4v) is 4.35. The Hall–Kier alpha value is -2.65. The Morgan fingerprint density at radius 2 is 2.24 bits per heavy atom. The van der Waals surface area contributed by atoms with Crippen molar-refractivity contribution >= 4 is 33.5 Å². The number of carbonyl (C=O) groups is 1. The van der Waals surface area contributed by atoms with Crippen molar-refractivity contribution in [3.05, 3.63) is 46.3 Å². The van der Waals surface area contributed by atoms with Crippen molar-refractivity contribution in [3.8, 4) is 0 Å². The van der Waals surface area contributed by atoms with Crippen LogP contribution in [0.15, 0.2) is 24.3 Å². The van der Waals surface area contributed by atoms with E-state index in [0.29, 0.717) is 29.1 Å². The molecular weight excluding hydrogens is 393 g/mol. The zero-order valence-electron chi connectivity index (χ0n) is 16.2. The van der Waals surface area contributed by atoms with Gasteiger partial charge in [0.1, 0.15) is 10.5 Å². The van der Waals surface area contributed by atoms with Crippen LogP contribution in [0.5, 0.6) is 0 Å². The number of hydrogen-bond donors (Lipinski definition) is 2. The first-order valence-electron chi connectivity index (χ1n) is 9.52. The number of halogens is 1. The summed E-state index contributed by atoms with van der Waals surface area (Å²) in [5.41, 5.74) is 1.53. The first-order chi connectivity index (χ1) is 13.9. The molecule has 0 radical (unpaired) electrons. The first-order valence-corrected chi connectivity index (χ1v) is 10.3. The zero-order chi connectivity index (χ0) is 20.5. The van der Waals surface area contributed by atoms with Crippen LogP contribution in [0.1, 0.15) is 40.4 Å². The van der Waals surface area contributed by atoms with Crippen LogP contribution >= 0.6 is 11.3 Å². The second-order valence-corrected chi connectivity index (χ2v) is 8.49. The van der Waals surface area contributed by atoms with Crippen molar-refractivity contribution in [2.45, 2.75) is 26.3 Å². The van der Waals surface area contributed by atoms with Crippen LogP contribution in [-0.4, -0.2) is 50.6 Å². The average Bonchev–Trinajstić information content (AvgIpc) is 3.32. The highest BCUT2D eigenvalue weighted by molar-refractivity contribution is 7.18. The van der Waals surface area contributed by atoms with Gasteiger partial charge in [-0.2, -0.15) is 4.98 Å². The summed E-state index contributed by atoms with van der Waals surface area (Å²) in [6.07, 6.45) is 0.778. The van der Waals surface area contributed by atoms with E-state index in [4.69, 9.17) is 0 Å². The molecule has 2 atom stereocenters. The molecule has 1 aliphatic heterocycles. The third kappa shape index (κ3) is 4.06. The molecule has 9 heteroatoms. The van der Waals surface area contributed by atoms with E-state index in [1.54, 1.807) is 11.0 Å². The quantitative estimate of drug-likeness (QED) is 0.665. The molecule has 1 aliphatic rings. The Morgan fingerprint density at radius 3 is 2.97 bits per heavy atom. The highest BCUT2D eigenvalue weighted by Crippen LogP contribution is 2.28. The molecule has 2 N–H and O–H groups in total. The Labute approximate surface area is 171 Å². The van der Waals surface area contributed by atoms with Gasteiger partial charge in [-0.1, -0.05) is 12.1 Å². The number of hydrogen-bond acceptors (Lipinski definition) is 7. The zero-order valence-corrected chi connectivity index (χ0v) is 17.0. The van der Waals surface area contributed by atoms with Gasteiger partial charge in [0, 0.05) is 25.6 Å². The number of nitrogens with one attached hydrogen (secondary N) is 1. The van der Waals surface area contributed by atoms with Gasteiger partial charge in [0.15, 0.2) is 11.3 Å². The molecule has 4 rings (SSSR count). The lowest BCUT2D eigenvalue weighted by molar-refractivity contribution is 0.0778. The summed E-state index contributed by atoms with van der Waals surface area (Å²) in [5.74, 6) is -0.115. The Balaban J connectivity index is 1.66. The molecule has 2 aromatic heterocycles. The van der Waals surface area contributed by atoms with Crippen LogP contribution in [0.4, 0.5) is 10.3 Å². The number of aryl methyl sites for hydroxylation is 1. The second kappa shape index (κ2) is 8.00. The molecule has 0 bridgehead atoms. The summed E-state index contributed by atoms with van der Waals surface area (Å²) in [4.78, 5) is 28.2. The van der Waals surface area contributed by atoms with E-state index in [-0.39, 0.29) is 36.2 Å². The normalized spacial score (nSPS) is 17.7. The van der Waals surface area contributed by atoms with Gasteiger partial charge in [0.2, 0.25) is 5.95 Å². The van der Waals surface area contributed by atoms with E-state index in [0.717, 1.165) is 17.0 Å². The number of anilines is 1. The molecule has 1 aromatic carbocycles. The van der Waals surface area contributed by atoms with Gasteiger partial charge in [0.05, 0.1) is 11.0 Å². The fourth-order valence-electron chi connectivity index (χ4n) is 3.51. The van der Waals surface area contributed by atoms with Crippen molar-refractivity contribution in [2.75, 3.05) is 25.0 Å². The lowest BCUT2D eigenvalue weighted by Crippen LogP contribution is -2.30. The lowest BCUT2D eigenvalue weighted by Gasteiger charge is -2.18. The SMILES string of the molecule is Cc1nc2nc(NC(C)c3cccc(F)c3)nc(C(=O)N3CCC(CO)C3)c2s1. The molecule has 0 spiro atoms. The van der Waals surface area contributed by atoms with Crippen LogP contribution in [0.2, 0.25) is 0 Å². The van der Waals surface area contributed by atoms with E-state index in [1.807, 2.05) is 19.9 Å². The predicted molar refractivity (Wildman–Crippen MR) is 109 cm³/mol. The van der Waals surface area contributed by atoms with Gasteiger partial charge in [0.25, 0.3) is 5.91 Å². The van der Waals surface area contributed by atoms with Gasteiger partial charge >= 0.3 is 0 Å². The number of fused-ring (bicyclic) bond motifs is 1. The molecule has 1 saturated heterocycles. The van der Waals surface area contributed by atoms with Gasteiger partial charge in [-0.3, -0.25) is 4.79 Å². The summed E-state index contributed by atoms with van der Waals surface area (Å²) in [6.45, 7) is 4.92. The molecule has 152 valence electrons. The minimum Gasteiger partial charge on any atom is -0.396 e. The van der Waals surface area contributed by atoms with Crippen molar-refractivity contribution in [1.82, 2.24) is 19.9 Å². The van der Waals surface area contributed by atoms with Crippen LogP contribution in [-0.2, 0) is 0 Å². The van der Waals surface area contributed by atoms with Gasteiger partial charge in [-0.15, -0.1) is 11.3 Å². The number of nitrogens with zero attached hydrogens (tertiary/aromatic N) is 4. The van der Waals surface area contributed by atoms with Crippen molar-refractivity contribution in [2.24, 2.45) is 5.92 Å². The van der Waals surface area contributed by atoms with Gasteiger partial charge < -0.3 is 15.3 Å². The minimum atomic E-state index is -0.314. The van der Waals surface area contributed by atoms with E-state index in [2.05, 4.69) is 20.3 Å². The molecule has 3 aromatic rings. The second-order valence-electron chi connectivity index (χ2n) is 7.29. The van der Waals surface area contributed by atoms with Crippen molar-refractivity contribution in [3.63, 3.8) is 0 Å². The molecule has 0 aliphatic carbocycles. The number of aromatic nitrogens is 3. The highest BCUT2D eigenvalue weighted by Gasteiger charge is 2.29. The van der Waals surface area contributed by atoms with E-state index >= 15 is 0 Å². The largest absolute Gasteiger partial charge is 0.396 e. The molecule has 1 fully saturated rings. The van der Waals surface area contributed by atoms with Crippen LogP contribution in [0.25, 0.3) is 10.3 Å². The minimum absolute atomic E-state index is 0.0700. The summed E-state index contributed by atoms with van der Waals surface area (Å²) in [7, 11) is 0. The standard InChI is InChI=1S/C20H22FN5O2S/c1-11(14-4-3-5-15(21)8-14)22-20-24-16(17-18(25-20)23-12(2)29-17)19(28)26-7-6-13(9-26)10-27/h3-5,8,11,13,27H,6-7,9-10H2,1-2H3,(H,22,24,25). The van der Waals surface area contributed by atoms with Crippen molar-refractivity contribution in [1.29, 1.82) is 0 Å². The molecule has 7 nitrogen and oxygen atoms in total. The fraction of sp³-hybridized carbons (Fsp3) is 0.400. The topological polar surface area (TPSA) is 91.2 Å². The smallest absolute Gasteiger partial charge is 0.274 e. The predicted octanol–water partition coefficient (Wildman–Crippen LogP) is 3.16. The van der Waals surface area contributed by atoms with Crippen molar-refractivity contribution < 1.29 is 14.3 Å². The Kier molecular flexibility index (Phi) is 5.42. The number of thiazole rings is 1. The van der Waals surface area contributed by atoms with E-state index in [9.17, 15) is 14.3 Å². The number of aliphatic hydroxyl groups is 1. The molecule has 2 unspecified atom stereocenters.